The fourth-order valence-corrected chi connectivity index (χ4v) is 5.46. The van der Waals surface area contributed by atoms with E-state index < -0.39 is 0 Å². The van der Waals surface area contributed by atoms with Crippen LogP contribution in [0.1, 0.15) is 29.5 Å². The Bertz CT molecular complexity index is 1580. The third kappa shape index (κ3) is 8.20. The van der Waals surface area contributed by atoms with Crippen molar-refractivity contribution in [1.82, 2.24) is 15.0 Å². The fraction of sp³-hybridized carbons (Fsp3) is 0.281. The SMILES string of the molecule is COc1cc(/C=N\Nc2nc(Nc3ccc(C)cc3)nc(N3CCC(Cc4ccccc4)CC3)n2)cc(Br)c1OCC#N. The van der Waals surface area contributed by atoms with Crippen LogP contribution in [0.25, 0.3) is 0 Å². The van der Waals surface area contributed by atoms with Gasteiger partial charge in [-0.3, -0.25) is 0 Å². The molecule has 0 spiro atoms. The summed E-state index contributed by atoms with van der Waals surface area (Å²) >= 11 is 3.48. The van der Waals surface area contributed by atoms with Gasteiger partial charge >= 0.3 is 0 Å². The number of ether oxygens (including phenoxy) is 2. The molecule has 0 saturated carbocycles. The second kappa shape index (κ2) is 14.5. The van der Waals surface area contributed by atoms with Crippen LogP contribution in [0.15, 0.2) is 76.3 Å². The van der Waals surface area contributed by atoms with E-state index >= 15 is 0 Å². The van der Waals surface area contributed by atoms with Crippen LogP contribution in [-0.4, -0.2) is 48.0 Å². The van der Waals surface area contributed by atoms with E-state index in [1.165, 1.54) is 11.1 Å². The minimum absolute atomic E-state index is 0.0880. The molecule has 0 unspecified atom stereocenters. The Labute approximate surface area is 259 Å². The Morgan fingerprint density at radius 3 is 2.51 bits per heavy atom. The van der Waals surface area contributed by atoms with Crippen molar-refractivity contribution < 1.29 is 9.47 Å². The van der Waals surface area contributed by atoms with Crippen LogP contribution in [0.4, 0.5) is 23.5 Å². The quantitative estimate of drug-likeness (QED) is 0.140. The van der Waals surface area contributed by atoms with E-state index in [9.17, 15) is 0 Å². The number of benzene rings is 3. The van der Waals surface area contributed by atoms with Gasteiger partial charge in [0.05, 0.1) is 17.8 Å². The van der Waals surface area contributed by atoms with Gasteiger partial charge in [0.25, 0.3) is 0 Å². The van der Waals surface area contributed by atoms with Gasteiger partial charge in [-0.05, 0) is 83.4 Å². The number of anilines is 4. The summed E-state index contributed by atoms with van der Waals surface area (Å²) in [5, 5.41) is 16.5. The molecule has 5 rings (SSSR count). The summed E-state index contributed by atoms with van der Waals surface area (Å²) in [6.07, 6.45) is 4.84. The Morgan fingerprint density at radius 1 is 1.05 bits per heavy atom. The minimum Gasteiger partial charge on any atom is -0.493 e. The number of rotatable bonds is 11. The van der Waals surface area contributed by atoms with E-state index in [-0.39, 0.29) is 6.61 Å². The molecule has 220 valence electrons. The molecule has 1 aliphatic rings. The zero-order valence-electron chi connectivity index (χ0n) is 24.1. The van der Waals surface area contributed by atoms with Crippen molar-refractivity contribution in [2.75, 3.05) is 42.4 Å². The molecule has 0 bridgehead atoms. The number of hydrazone groups is 1. The lowest BCUT2D eigenvalue weighted by molar-refractivity contribution is 0.327. The molecule has 0 amide bonds. The monoisotopic (exact) mass is 640 g/mol. The Hall–Kier alpha value is -4.69. The van der Waals surface area contributed by atoms with E-state index in [0.717, 1.165) is 43.6 Å². The van der Waals surface area contributed by atoms with E-state index in [2.05, 4.69) is 72.0 Å². The van der Waals surface area contributed by atoms with Crippen LogP contribution in [0.2, 0.25) is 0 Å². The number of hydrogen-bond donors (Lipinski definition) is 2. The van der Waals surface area contributed by atoms with Crippen molar-refractivity contribution in [3.63, 3.8) is 0 Å². The maximum absolute atomic E-state index is 8.86. The standard InChI is InChI=1S/C32H33BrN8O2/c1-22-8-10-26(11-9-22)36-30-37-31(40-35-21-25-19-27(33)29(43-17-14-34)28(20-25)42-2)39-32(38-30)41-15-12-24(13-16-41)18-23-6-4-3-5-7-23/h3-11,19-21,24H,12-13,15-18H2,1-2H3,(H2,36,37,38,39,40)/b35-21-. The number of nitrogens with one attached hydrogen (secondary N) is 2. The van der Waals surface area contributed by atoms with Crippen LogP contribution in [0.3, 0.4) is 0 Å². The average Bonchev–Trinajstić information content (AvgIpc) is 3.02. The largest absolute Gasteiger partial charge is 0.493 e. The summed E-state index contributed by atoms with van der Waals surface area (Å²) in [4.78, 5) is 16.3. The lowest BCUT2D eigenvalue weighted by Crippen LogP contribution is -2.35. The van der Waals surface area contributed by atoms with Crippen molar-refractivity contribution in [1.29, 1.82) is 5.26 Å². The third-order valence-corrected chi connectivity index (χ3v) is 7.70. The predicted molar refractivity (Wildman–Crippen MR) is 172 cm³/mol. The van der Waals surface area contributed by atoms with E-state index in [0.29, 0.717) is 39.7 Å². The van der Waals surface area contributed by atoms with Gasteiger partial charge in [0.1, 0.15) is 6.07 Å². The number of piperidine rings is 1. The molecule has 10 nitrogen and oxygen atoms in total. The van der Waals surface area contributed by atoms with Gasteiger partial charge in [-0.1, -0.05) is 48.0 Å². The molecule has 1 aliphatic heterocycles. The van der Waals surface area contributed by atoms with Crippen LogP contribution in [0, 0.1) is 24.2 Å². The topological polar surface area (TPSA) is 121 Å². The summed E-state index contributed by atoms with van der Waals surface area (Å²) in [5.74, 6) is 2.91. The first-order chi connectivity index (χ1) is 21.0. The van der Waals surface area contributed by atoms with Crippen LogP contribution in [-0.2, 0) is 6.42 Å². The summed E-state index contributed by atoms with van der Waals surface area (Å²) in [7, 11) is 1.54. The molecule has 0 aliphatic carbocycles. The first-order valence-corrected chi connectivity index (χ1v) is 14.8. The van der Waals surface area contributed by atoms with Gasteiger partial charge in [-0.2, -0.15) is 25.3 Å². The lowest BCUT2D eigenvalue weighted by Gasteiger charge is -2.32. The molecule has 4 aromatic rings. The smallest absolute Gasteiger partial charge is 0.250 e. The molecule has 0 atom stereocenters. The van der Waals surface area contributed by atoms with Crippen molar-refractivity contribution >= 4 is 45.7 Å². The highest BCUT2D eigenvalue weighted by atomic mass is 79.9. The highest BCUT2D eigenvalue weighted by molar-refractivity contribution is 9.10. The number of methoxy groups -OCH3 is 1. The van der Waals surface area contributed by atoms with Gasteiger partial charge in [-0.25, -0.2) is 5.43 Å². The average molecular weight is 642 g/mol. The normalized spacial score (nSPS) is 13.5. The molecule has 1 saturated heterocycles. The Morgan fingerprint density at radius 2 is 1.79 bits per heavy atom. The summed E-state index contributed by atoms with van der Waals surface area (Å²) in [5.41, 5.74) is 7.14. The van der Waals surface area contributed by atoms with Gasteiger partial charge in [-0.15, -0.1) is 0 Å². The van der Waals surface area contributed by atoms with Crippen molar-refractivity contribution in [2.45, 2.75) is 26.2 Å². The molecular formula is C32H33BrN8O2. The number of aromatic nitrogens is 3. The minimum atomic E-state index is -0.0880. The van der Waals surface area contributed by atoms with Crippen molar-refractivity contribution in [3.8, 4) is 17.6 Å². The summed E-state index contributed by atoms with van der Waals surface area (Å²) in [6.45, 7) is 3.69. The molecule has 43 heavy (non-hydrogen) atoms. The molecule has 3 aromatic carbocycles. The molecule has 1 aromatic heterocycles. The first kappa shape index (κ1) is 29.8. The van der Waals surface area contributed by atoms with E-state index in [4.69, 9.17) is 24.7 Å². The van der Waals surface area contributed by atoms with Gasteiger partial charge in [0.2, 0.25) is 17.8 Å². The molecule has 1 fully saturated rings. The maximum Gasteiger partial charge on any atom is 0.250 e. The van der Waals surface area contributed by atoms with E-state index in [1.54, 1.807) is 19.4 Å². The second-order valence-corrected chi connectivity index (χ2v) is 11.1. The molecular weight excluding hydrogens is 608 g/mol. The number of aryl methyl sites for hydroxylation is 1. The zero-order chi connectivity index (χ0) is 30.0. The number of nitriles is 1. The second-order valence-electron chi connectivity index (χ2n) is 10.2. The Kier molecular flexibility index (Phi) is 10.0. The number of hydrogen-bond acceptors (Lipinski definition) is 10. The molecule has 0 radical (unpaired) electrons. The number of halogens is 1. The summed E-state index contributed by atoms with van der Waals surface area (Å²) in [6, 6.07) is 24.3. The molecule has 11 heteroatoms. The highest BCUT2D eigenvalue weighted by Gasteiger charge is 2.22. The molecule has 2 heterocycles. The predicted octanol–water partition coefficient (Wildman–Crippen LogP) is 6.50. The van der Waals surface area contributed by atoms with E-state index in [1.807, 2.05) is 43.3 Å². The van der Waals surface area contributed by atoms with Crippen molar-refractivity contribution in [2.24, 2.45) is 11.0 Å². The van der Waals surface area contributed by atoms with Gasteiger partial charge in [0.15, 0.2) is 18.1 Å². The lowest BCUT2D eigenvalue weighted by atomic mass is 9.90. The number of nitrogens with zero attached hydrogens (tertiary/aromatic N) is 6. The van der Waals surface area contributed by atoms with Crippen molar-refractivity contribution in [3.05, 3.63) is 87.9 Å². The molecule has 2 N–H and O–H groups in total. The zero-order valence-corrected chi connectivity index (χ0v) is 25.7. The maximum atomic E-state index is 8.86. The van der Waals surface area contributed by atoms with Crippen LogP contribution < -0.4 is 25.1 Å². The van der Waals surface area contributed by atoms with Gasteiger partial charge < -0.3 is 19.7 Å². The Balaban J connectivity index is 1.33. The first-order valence-electron chi connectivity index (χ1n) is 14.1. The highest BCUT2D eigenvalue weighted by Crippen LogP contribution is 2.36. The van der Waals surface area contributed by atoms with Crippen LogP contribution >= 0.6 is 15.9 Å². The van der Waals surface area contributed by atoms with Crippen LogP contribution in [0.5, 0.6) is 11.5 Å². The van der Waals surface area contributed by atoms with Gasteiger partial charge in [0, 0.05) is 18.8 Å². The summed E-state index contributed by atoms with van der Waals surface area (Å²) < 4.78 is 11.6. The fourth-order valence-electron chi connectivity index (χ4n) is 4.89. The third-order valence-electron chi connectivity index (χ3n) is 7.11.